The molecule has 3 heterocycles. The van der Waals surface area contributed by atoms with Gasteiger partial charge in [0.15, 0.2) is 11.5 Å². The number of benzene rings is 2. The summed E-state index contributed by atoms with van der Waals surface area (Å²) in [7, 11) is 3.18. The van der Waals surface area contributed by atoms with Crippen LogP contribution in [0.15, 0.2) is 60.0 Å². The first-order valence-corrected chi connectivity index (χ1v) is 13.1. The molecule has 0 bridgehead atoms. The van der Waals surface area contributed by atoms with Gasteiger partial charge in [0.05, 0.1) is 41.2 Å². The fraction of sp³-hybridized carbons (Fsp3) is 0.0769. The van der Waals surface area contributed by atoms with Crippen LogP contribution in [0.25, 0.3) is 31.9 Å². The molecule has 5 rings (SSSR count). The van der Waals surface area contributed by atoms with Gasteiger partial charge >= 0.3 is 0 Å². The van der Waals surface area contributed by atoms with Crippen molar-refractivity contribution in [1.82, 2.24) is 4.98 Å². The summed E-state index contributed by atoms with van der Waals surface area (Å²) in [4.78, 5) is 20.1. The van der Waals surface area contributed by atoms with E-state index in [4.69, 9.17) is 43.4 Å². The molecule has 5 aromatic rings. The number of nitrogens with two attached hydrogens (primary N) is 1. The quantitative estimate of drug-likeness (QED) is 0.222. The molecule has 0 aliphatic heterocycles. The van der Waals surface area contributed by atoms with E-state index in [0.717, 1.165) is 21.7 Å². The number of ether oxygens (including phenoxy) is 2. The molecule has 0 saturated heterocycles. The van der Waals surface area contributed by atoms with Crippen molar-refractivity contribution in [2.24, 2.45) is 0 Å². The second kappa shape index (κ2) is 9.99. The molecule has 3 aromatic heterocycles. The fourth-order valence-electron chi connectivity index (χ4n) is 3.84. The summed E-state index contributed by atoms with van der Waals surface area (Å²) in [5.74, 6) is 0.820. The van der Waals surface area contributed by atoms with Gasteiger partial charge in [0.1, 0.15) is 9.71 Å². The molecule has 0 unspecified atom stereocenters. The van der Waals surface area contributed by atoms with Crippen LogP contribution in [0, 0.1) is 0 Å². The lowest BCUT2D eigenvalue weighted by Crippen LogP contribution is -2.12. The van der Waals surface area contributed by atoms with Gasteiger partial charge in [0.2, 0.25) is 0 Å². The first-order chi connectivity index (χ1) is 17.4. The van der Waals surface area contributed by atoms with E-state index in [1.165, 1.54) is 11.3 Å². The first-order valence-electron chi connectivity index (χ1n) is 10.6. The van der Waals surface area contributed by atoms with Crippen LogP contribution in [0.2, 0.25) is 10.0 Å². The molecule has 6 nitrogen and oxygen atoms in total. The van der Waals surface area contributed by atoms with Crippen molar-refractivity contribution in [3.8, 4) is 33.2 Å². The number of aromatic nitrogens is 1. The van der Waals surface area contributed by atoms with E-state index in [2.05, 4.69) is 5.32 Å². The Kier molecular flexibility index (Phi) is 6.77. The molecule has 36 heavy (non-hydrogen) atoms. The number of nitrogens with zero attached hydrogens (tertiary/aromatic N) is 1. The highest BCUT2D eigenvalue weighted by atomic mass is 35.5. The Hall–Kier alpha value is -3.30. The third kappa shape index (κ3) is 4.49. The Bertz CT molecular complexity index is 1600. The molecule has 0 atom stereocenters. The van der Waals surface area contributed by atoms with Crippen molar-refractivity contribution >= 4 is 73.4 Å². The van der Waals surface area contributed by atoms with E-state index >= 15 is 0 Å². The van der Waals surface area contributed by atoms with Crippen molar-refractivity contribution < 1.29 is 14.3 Å². The minimum absolute atomic E-state index is 0.333. The number of hydrogen-bond donors (Lipinski definition) is 2. The molecule has 0 aliphatic carbocycles. The second-order valence-electron chi connectivity index (χ2n) is 7.71. The number of hydrogen-bond acceptors (Lipinski definition) is 7. The number of thiophene rings is 2. The number of pyridine rings is 1. The van der Waals surface area contributed by atoms with Crippen molar-refractivity contribution in [1.29, 1.82) is 0 Å². The zero-order chi connectivity index (χ0) is 25.4. The lowest BCUT2D eigenvalue weighted by Gasteiger charge is -2.12. The Morgan fingerprint density at radius 1 is 1.03 bits per heavy atom. The topological polar surface area (TPSA) is 86.5 Å². The Morgan fingerprint density at radius 2 is 1.83 bits per heavy atom. The summed E-state index contributed by atoms with van der Waals surface area (Å²) in [6, 6.07) is 16.5. The number of rotatable bonds is 6. The number of fused-ring (bicyclic) bond motifs is 1. The highest BCUT2D eigenvalue weighted by Gasteiger charge is 2.23. The largest absolute Gasteiger partial charge is 0.493 e. The highest BCUT2D eigenvalue weighted by molar-refractivity contribution is 7.21. The Morgan fingerprint density at radius 3 is 2.53 bits per heavy atom. The van der Waals surface area contributed by atoms with Gasteiger partial charge in [-0.15, -0.1) is 22.7 Å². The lowest BCUT2D eigenvalue weighted by molar-refractivity contribution is 0.103. The van der Waals surface area contributed by atoms with Crippen LogP contribution in [-0.4, -0.2) is 25.1 Å². The maximum Gasteiger partial charge on any atom is 0.267 e. The van der Waals surface area contributed by atoms with E-state index in [9.17, 15) is 4.79 Å². The van der Waals surface area contributed by atoms with Crippen LogP contribution in [0.5, 0.6) is 11.5 Å². The number of halogens is 2. The maximum absolute atomic E-state index is 13.3. The minimum atomic E-state index is -0.379. The molecule has 0 fully saturated rings. The van der Waals surface area contributed by atoms with Gasteiger partial charge in [-0.1, -0.05) is 35.3 Å². The van der Waals surface area contributed by atoms with E-state index in [0.29, 0.717) is 48.0 Å². The molecule has 1 amide bonds. The normalized spacial score (nSPS) is 11.0. The standard InChI is InChI=1S/C26H19Cl2N3O3S2/c1-33-19-8-5-13(10-20(19)34-2)15-12-18(21-4-3-9-35-21)31-26-22(15)23(29)24(36-26)25(32)30-17-7-6-14(27)11-16(17)28/h3-12H,29H2,1-2H3,(H,30,32). The zero-order valence-electron chi connectivity index (χ0n) is 19.1. The van der Waals surface area contributed by atoms with E-state index in [-0.39, 0.29) is 5.91 Å². The third-order valence-electron chi connectivity index (χ3n) is 5.55. The second-order valence-corrected chi connectivity index (χ2v) is 10.5. The Labute approximate surface area is 225 Å². The SMILES string of the molecule is COc1ccc(-c2cc(-c3cccs3)nc3sc(C(=O)Nc4ccc(Cl)cc4Cl)c(N)c23)cc1OC. The molecule has 0 radical (unpaired) electrons. The number of anilines is 2. The van der Waals surface area contributed by atoms with Crippen LogP contribution in [-0.2, 0) is 0 Å². The van der Waals surface area contributed by atoms with Crippen LogP contribution in [0.3, 0.4) is 0 Å². The van der Waals surface area contributed by atoms with Gasteiger partial charge in [-0.2, -0.15) is 0 Å². The molecule has 10 heteroatoms. The average molecular weight is 556 g/mol. The van der Waals surface area contributed by atoms with Gasteiger partial charge in [-0.25, -0.2) is 4.98 Å². The smallest absolute Gasteiger partial charge is 0.267 e. The summed E-state index contributed by atoms with van der Waals surface area (Å²) < 4.78 is 10.9. The average Bonchev–Trinajstić information content (AvgIpc) is 3.53. The fourth-order valence-corrected chi connectivity index (χ4v) is 6.00. The summed E-state index contributed by atoms with van der Waals surface area (Å²) in [5.41, 5.74) is 9.85. The number of carbonyl (C=O) groups is 1. The van der Waals surface area contributed by atoms with Gasteiger partial charge < -0.3 is 20.5 Å². The maximum atomic E-state index is 13.3. The molecule has 3 N–H and O–H groups in total. The summed E-state index contributed by atoms with van der Waals surface area (Å²) >= 11 is 15.1. The highest BCUT2D eigenvalue weighted by Crippen LogP contribution is 2.44. The predicted molar refractivity (Wildman–Crippen MR) is 150 cm³/mol. The van der Waals surface area contributed by atoms with E-state index < -0.39 is 0 Å². The number of amides is 1. The van der Waals surface area contributed by atoms with Crippen molar-refractivity contribution in [3.05, 3.63) is 74.9 Å². The molecular weight excluding hydrogens is 537 g/mol. The summed E-state index contributed by atoms with van der Waals surface area (Å²) in [5, 5.41) is 6.33. The third-order valence-corrected chi connectivity index (χ3v) is 8.09. The Balaban J connectivity index is 1.67. The van der Waals surface area contributed by atoms with E-state index in [1.807, 2.05) is 41.8 Å². The molecule has 0 saturated carbocycles. The van der Waals surface area contributed by atoms with E-state index in [1.54, 1.807) is 43.8 Å². The van der Waals surface area contributed by atoms with Crippen LogP contribution >= 0.6 is 45.9 Å². The monoisotopic (exact) mass is 555 g/mol. The number of nitrogens with one attached hydrogen (secondary N) is 1. The van der Waals surface area contributed by atoms with Crippen LogP contribution in [0.4, 0.5) is 11.4 Å². The number of nitrogen functional groups attached to an aromatic ring is 1. The van der Waals surface area contributed by atoms with Crippen molar-refractivity contribution in [2.45, 2.75) is 0 Å². The molecule has 2 aromatic carbocycles. The molecular formula is C26H19Cl2N3O3S2. The van der Waals surface area contributed by atoms with Gasteiger partial charge in [-0.05, 0) is 59.0 Å². The lowest BCUT2D eigenvalue weighted by atomic mass is 10.0. The van der Waals surface area contributed by atoms with Gasteiger partial charge in [0.25, 0.3) is 5.91 Å². The van der Waals surface area contributed by atoms with Gasteiger partial charge in [0, 0.05) is 10.4 Å². The number of methoxy groups -OCH3 is 2. The first kappa shape index (κ1) is 24.4. The van der Waals surface area contributed by atoms with Crippen molar-refractivity contribution in [2.75, 3.05) is 25.3 Å². The number of carbonyl (C=O) groups excluding carboxylic acids is 1. The van der Waals surface area contributed by atoms with Gasteiger partial charge in [-0.3, -0.25) is 4.79 Å². The summed E-state index contributed by atoms with van der Waals surface area (Å²) in [6.45, 7) is 0. The van der Waals surface area contributed by atoms with Crippen molar-refractivity contribution in [3.63, 3.8) is 0 Å². The molecule has 0 aliphatic rings. The minimum Gasteiger partial charge on any atom is -0.493 e. The van der Waals surface area contributed by atoms with Crippen LogP contribution < -0.4 is 20.5 Å². The summed E-state index contributed by atoms with van der Waals surface area (Å²) in [6.07, 6.45) is 0. The molecule has 182 valence electrons. The predicted octanol–water partition coefficient (Wildman–Crippen LogP) is 7.85. The molecule has 0 spiro atoms. The zero-order valence-corrected chi connectivity index (χ0v) is 22.2. The van der Waals surface area contributed by atoms with Crippen LogP contribution in [0.1, 0.15) is 9.67 Å².